The molecule has 3 N–H and O–H groups in total. The van der Waals surface area contributed by atoms with Crippen LogP contribution < -0.4 is 5.73 Å². The average Bonchev–Trinajstić information content (AvgIpc) is 2.76. The lowest BCUT2D eigenvalue weighted by molar-refractivity contribution is 0.0491. The van der Waals surface area contributed by atoms with Crippen molar-refractivity contribution in [2.45, 2.75) is 70.9 Å². The van der Waals surface area contributed by atoms with Gasteiger partial charge in [0.1, 0.15) is 0 Å². The molecule has 2 heteroatoms. The first kappa shape index (κ1) is 14.0. The number of allylic oxidation sites excluding steroid dienone is 2. The molecular formula is C19H29NO. The number of hydrogen-bond acceptors (Lipinski definition) is 2. The van der Waals surface area contributed by atoms with Crippen LogP contribution in [0.5, 0.6) is 0 Å². The summed E-state index contributed by atoms with van der Waals surface area (Å²) in [7, 11) is 0. The number of nitrogens with two attached hydrogens (primary N) is 1. The summed E-state index contributed by atoms with van der Waals surface area (Å²) in [5, 5.41) is 9.97. The summed E-state index contributed by atoms with van der Waals surface area (Å²) in [6.45, 7) is 4.86. The van der Waals surface area contributed by atoms with Crippen molar-refractivity contribution in [3.63, 3.8) is 0 Å². The van der Waals surface area contributed by atoms with Crippen LogP contribution in [0.1, 0.15) is 58.8 Å². The molecule has 4 aliphatic carbocycles. The Morgan fingerprint density at radius 1 is 1.19 bits per heavy atom. The molecule has 0 radical (unpaired) electrons. The van der Waals surface area contributed by atoms with E-state index in [1.54, 1.807) is 11.1 Å². The monoisotopic (exact) mass is 287 g/mol. The van der Waals surface area contributed by atoms with E-state index in [1.807, 2.05) is 0 Å². The molecule has 3 unspecified atom stereocenters. The SMILES string of the molecule is C[C@]12CC[C@@H]3C(=C1CCC2N)CCC1CC(O)C=C[C@@]13C. The Morgan fingerprint density at radius 2 is 2.00 bits per heavy atom. The molecule has 2 saturated carbocycles. The highest BCUT2D eigenvalue weighted by Gasteiger charge is 2.53. The van der Waals surface area contributed by atoms with Gasteiger partial charge in [-0.3, -0.25) is 0 Å². The average molecular weight is 287 g/mol. The van der Waals surface area contributed by atoms with Gasteiger partial charge in [0.2, 0.25) is 0 Å². The smallest absolute Gasteiger partial charge is 0.0724 e. The zero-order chi connectivity index (χ0) is 14.8. The fraction of sp³-hybridized carbons (Fsp3) is 0.789. The molecule has 0 aromatic rings. The number of hydrogen-bond donors (Lipinski definition) is 2. The van der Waals surface area contributed by atoms with Gasteiger partial charge in [-0.05, 0) is 62.2 Å². The van der Waals surface area contributed by atoms with Crippen LogP contribution in [0.25, 0.3) is 0 Å². The highest BCUT2D eigenvalue weighted by atomic mass is 16.3. The Labute approximate surface area is 128 Å². The number of rotatable bonds is 0. The van der Waals surface area contributed by atoms with Crippen LogP contribution >= 0.6 is 0 Å². The van der Waals surface area contributed by atoms with Gasteiger partial charge in [0.25, 0.3) is 0 Å². The van der Waals surface area contributed by atoms with Crippen LogP contribution in [-0.2, 0) is 0 Å². The summed E-state index contributed by atoms with van der Waals surface area (Å²) >= 11 is 0. The predicted molar refractivity (Wildman–Crippen MR) is 85.7 cm³/mol. The molecule has 0 heterocycles. The Balaban J connectivity index is 1.78. The van der Waals surface area contributed by atoms with E-state index < -0.39 is 0 Å². The van der Waals surface area contributed by atoms with Gasteiger partial charge >= 0.3 is 0 Å². The van der Waals surface area contributed by atoms with Gasteiger partial charge in [0.05, 0.1) is 6.10 Å². The molecular weight excluding hydrogens is 258 g/mol. The fourth-order valence-corrected chi connectivity index (χ4v) is 6.07. The third kappa shape index (κ3) is 1.78. The van der Waals surface area contributed by atoms with Crippen LogP contribution in [0.2, 0.25) is 0 Å². The molecule has 21 heavy (non-hydrogen) atoms. The molecule has 0 aromatic carbocycles. The first-order chi connectivity index (χ1) is 9.95. The summed E-state index contributed by atoms with van der Waals surface area (Å²) in [5.74, 6) is 1.36. The maximum absolute atomic E-state index is 9.97. The van der Waals surface area contributed by atoms with Crippen molar-refractivity contribution >= 4 is 0 Å². The molecule has 0 aliphatic heterocycles. The van der Waals surface area contributed by atoms with E-state index in [2.05, 4.69) is 26.0 Å². The van der Waals surface area contributed by atoms with Crippen LogP contribution in [-0.4, -0.2) is 17.3 Å². The van der Waals surface area contributed by atoms with Crippen molar-refractivity contribution in [2.75, 3.05) is 0 Å². The van der Waals surface area contributed by atoms with E-state index in [1.165, 1.54) is 38.5 Å². The molecule has 2 nitrogen and oxygen atoms in total. The van der Waals surface area contributed by atoms with Crippen molar-refractivity contribution in [1.82, 2.24) is 0 Å². The Hall–Kier alpha value is -0.600. The van der Waals surface area contributed by atoms with Crippen LogP contribution in [0, 0.1) is 22.7 Å². The number of aliphatic hydroxyl groups excluding tert-OH is 1. The van der Waals surface area contributed by atoms with Crippen molar-refractivity contribution < 1.29 is 5.11 Å². The van der Waals surface area contributed by atoms with E-state index >= 15 is 0 Å². The van der Waals surface area contributed by atoms with Crippen LogP contribution in [0.3, 0.4) is 0 Å². The minimum atomic E-state index is -0.217. The third-order valence-corrected chi connectivity index (χ3v) is 7.57. The first-order valence-corrected chi connectivity index (χ1v) is 8.80. The van der Waals surface area contributed by atoms with Gasteiger partial charge in [0.15, 0.2) is 0 Å². The Bertz CT molecular complexity index is 522. The maximum Gasteiger partial charge on any atom is 0.0724 e. The Morgan fingerprint density at radius 3 is 2.81 bits per heavy atom. The molecule has 4 rings (SSSR count). The van der Waals surface area contributed by atoms with E-state index in [0.29, 0.717) is 17.9 Å². The van der Waals surface area contributed by atoms with Crippen molar-refractivity contribution in [2.24, 2.45) is 28.4 Å². The first-order valence-electron chi connectivity index (χ1n) is 8.80. The molecule has 0 spiro atoms. The quantitative estimate of drug-likeness (QED) is 0.669. The second-order valence-electron chi connectivity index (χ2n) is 8.42. The van der Waals surface area contributed by atoms with E-state index in [9.17, 15) is 5.11 Å². The normalized spacial score (nSPS) is 52.4. The van der Waals surface area contributed by atoms with Crippen LogP contribution in [0.4, 0.5) is 0 Å². The van der Waals surface area contributed by atoms with Gasteiger partial charge in [-0.15, -0.1) is 0 Å². The van der Waals surface area contributed by atoms with Gasteiger partial charge in [-0.25, -0.2) is 0 Å². The van der Waals surface area contributed by atoms with Crippen molar-refractivity contribution in [1.29, 1.82) is 0 Å². The minimum absolute atomic E-state index is 0.217. The second kappa shape index (κ2) is 4.45. The van der Waals surface area contributed by atoms with E-state index in [-0.39, 0.29) is 16.9 Å². The highest BCUT2D eigenvalue weighted by Crippen LogP contribution is 2.62. The summed E-state index contributed by atoms with van der Waals surface area (Å²) in [6, 6.07) is 0.371. The summed E-state index contributed by atoms with van der Waals surface area (Å²) < 4.78 is 0. The standard InChI is InChI=1S/C19H29NO/c1-18-9-7-13(21)11-12(18)3-4-14-15-5-6-17(20)19(15,2)10-8-16(14)18/h7,9,12-13,16-17,21H,3-6,8,10-11,20H2,1-2H3/t12?,13?,16-,17?,18+,19+/m1/s1. The lowest BCUT2D eigenvalue weighted by Gasteiger charge is -2.54. The van der Waals surface area contributed by atoms with Crippen LogP contribution in [0.15, 0.2) is 23.3 Å². The molecule has 6 atom stereocenters. The molecule has 0 aromatic heterocycles. The number of fused-ring (bicyclic) bond motifs is 4. The summed E-state index contributed by atoms with van der Waals surface area (Å²) in [5.41, 5.74) is 10.5. The third-order valence-electron chi connectivity index (χ3n) is 7.57. The minimum Gasteiger partial charge on any atom is -0.389 e. The Kier molecular flexibility index (Phi) is 2.97. The maximum atomic E-state index is 9.97. The van der Waals surface area contributed by atoms with E-state index in [4.69, 9.17) is 5.73 Å². The molecule has 0 saturated heterocycles. The molecule has 116 valence electrons. The van der Waals surface area contributed by atoms with Gasteiger partial charge in [-0.2, -0.15) is 0 Å². The number of aliphatic hydroxyl groups is 1. The summed E-state index contributed by atoms with van der Waals surface area (Å²) in [4.78, 5) is 0. The topological polar surface area (TPSA) is 46.2 Å². The lowest BCUT2D eigenvalue weighted by atomic mass is 9.51. The van der Waals surface area contributed by atoms with Crippen molar-refractivity contribution in [3.8, 4) is 0 Å². The molecule has 4 aliphatic rings. The second-order valence-corrected chi connectivity index (χ2v) is 8.42. The highest BCUT2D eigenvalue weighted by molar-refractivity contribution is 5.37. The summed E-state index contributed by atoms with van der Waals surface area (Å²) in [6.07, 6.45) is 12.6. The fourth-order valence-electron chi connectivity index (χ4n) is 6.07. The molecule has 0 amide bonds. The molecule has 2 fully saturated rings. The lowest BCUT2D eigenvalue weighted by Crippen LogP contribution is -2.47. The molecule has 0 bridgehead atoms. The van der Waals surface area contributed by atoms with Gasteiger partial charge < -0.3 is 10.8 Å². The largest absolute Gasteiger partial charge is 0.389 e. The predicted octanol–water partition coefficient (Wildman–Crippen LogP) is 3.56. The van der Waals surface area contributed by atoms with Gasteiger partial charge in [-0.1, -0.05) is 37.1 Å². The van der Waals surface area contributed by atoms with Crippen molar-refractivity contribution in [3.05, 3.63) is 23.3 Å². The van der Waals surface area contributed by atoms with E-state index in [0.717, 1.165) is 6.42 Å². The zero-order valence-corrected chi connectivity index (χ0v) is 13.4. The zero-order valence-electron chi connectivity index (χ0n) is 13.4. The van der Waals surface area contributed by atoms with Gasteiger partial charge in [0, 0.05) is 11.5 Å².